The highest BCUT2D eigenvalue weighted by atomic mass is 19.1. The Balaban J connectivity index is 2.02. The van der Waals surface area contributed by atoms with Crippen molar-refractivity contribution in [2.75, 3.05) is 6.54 Å². The maximum absolute atomic E-state index is 13.3. The third kappa shape index (κ3) is 4.61. The van der Waals surface area contributed by atoms with Crippen LogP contribution in [0.25, 0.3) is 0 Å². The quantitative estimate of drug-likeness (QED) is 0.780. The monoisotopic (exact) mass is 263 g/mol. The molecule has 2 rings (SSSR count). The Morgan fingerprint density at radius 2 is 1.95 bits per heavy atom. The lowest BCUT2D eigenvalue weighted by atomic mass is 9.87. The number of benzene rings is 1. The molecule has 1 nitrogen and oxygen atoms in total. The van der Waals surface area contributed by atoms with Gasteiger partial charge < -0.3 is 5.32 Å². The lowest BCUT2D eigenvalue weighted by Gasteiger charge is -2.27. The molecule has 1 aromatic rings. The molecule has 1 unspecified atom stereocenters. The van der Waals surface area contributed by atoms with E-state index in [1.807, 2.05) is 12.1 Å². The van der Waals surface area contributed by atoms with Gasteiger partial charge in [0.05, 0.1) is 0 Å². The Kier molecular flexibility index (Phi) is 5.84. The first kappa shape index (κ1) is 14.5. The maximum atomic E-state index is 13.3. The van der Waals surface area contributed by atoms with Crippen molar-refractivity contribution in [2.24, 2.45) is 5.92 Å². The zero-order valence-corrected chi connectivity index (χ0v) is 12.0. The zero-order chi connectivity index (χ0) is 13.5. The van der Waals surface area contributed by atoms with Crippen molar-refractivity contribution >= 4 is 0 Å². The highest BCUT2D eigenvalue weighted by Gasteiger charge is 2.22. The summed E-state index contributed by atoms with van der Waals surface area (Å²) in [5.74, 6) is 0.638. The van der Waals surface area contributed by atoms with Gasteiger partial charge in [-0.25, -0.2) is 4.39 Å². The molecule has 0 radical (unpaired) electrons. The Morgan fingerprint density at radius 1 is 1.21 bits per heavy atom. The average Bonchev–Trinajstić information content (AvgIpc) is 2.67. The molecule has 106 valence electrons. The predicted molar refractivity (Wildman–Crippen MR) is 78.8 cm³/mol. The molecular formula is C17H26FN. The van der Waals surface area contributed by atoms with Crippen LogP contribution in [0.4, 0.5) is 4.39 Å². The molecule has 0 amide bonds. The second kappa shape index (κ2) is 7.64. The second-order valence-corrected chi connectivity index (χ2v) is 5.75. The standard InChI is InChI=1S/C17H26FN/c1-2-19-17(15-9-5-3-4-6-10-15)13-14-8-7-11-16(18)12-14/h7-8,11-12,15,17,19H,2-6,9-10,13H2,1H3. The van der Waals surface area contributed by atoms with Crippen LogP contribution in [0.1, 0.15) is 51.0 Å². The smallest absolute Gasteiger partial charge is 0.123 e. The van der Waals surface area contributed by atoms with E-state index in [0.29, 0.717) is 6.04 Å². The number of hydrogen-bond donors (Lipinski definition) is 1. The van der Waals surface area contributed by atoms with E-state index in [0.717, 1.165) is 24.4 Å². The first-order chi connectivity index (χ1) is 9.29. The summed E-state index contributed by atoms with van der Waals surface area (Å²) in [5.41, 5.74) is 1.12. The minimum atomic E-state index is -0.117. The van der Waals surface area contributed by atoms with Gasteiger partial charge in [0, 0.05) is 6.04 Å². The Morgan fingerprint density at radius 3 is 2.58 bits per heavy atom. The molecule has 1 fully saturated rings. The van der Waals surface area contributed by atoms with Gasteiger partial charge in [0.2, 0.25) is 0 Å². The van der Waals surface area contributed by atoms with Crippen molar-refractivity contribution < 1.29 is 4.39 Å². The van der Waals surface area contributed by atoms with Gasteiger partial charge in [-0.1, -0.05) is 44.7 Å². The van der Waals surface area contributed by atoms with E-state index in [4.69, 9.17) is 0 Å². The van der Waals surface area contributed by atoms with E-state index in [-0.39, 0.29) is 5.82 Å². The van der Waals surface area contributed by atoms with Crippen molar-refractivity contribution in [1.29, 1.82) is 0 Å². The van der Waals surface area contributed by atoms with Crippen molar-refractivity contribution in [2.45, 2.75) is 57.9 Å². The lowest BCUT2D eigenvalue weighted by molar-refractivity contribution is 0.321. The first-order valence-corrected chi connectivity index (χ1v) is 7.77. The molecular weight excluding hydrogens is 237 g/mol. The number of halogens is 1. The fourth-order valence-electron chi connectivity index (χ4n) is 3.30. The van der Waals surface area contributed by atoms with Crippen LogP contribution in [0, 0.1) is 11.7 Å². The molecule has 1 atom stereocenters. The van der Waals surface area contributed by atoms with Crippen LogP contribution in [0.5, 0.6) is 0 Å². The molecule has 0 heterocycles. The summed E-state index contributed by atoms with van der Waals surface area (Å²) < 4.78 is 13.3. The van der Waals surface area contributed by atoms with E-state index in [1.54, 1.807) is 6.07 Å². The van der Waals surface area contributed by atoms with Crippen LogP contribution in [0.2, 0.25) is 0 Å². The van der Waals surface area contributed by atoms with Crippen LogP contribution < -0.4 is 5.32 Å². The summed E-state index contributed by atoms with van der Waals surface area (Å²) in [6.45, 7) is 3.16. The van der Waals surface area contributed by atoms with Crippen LogP contribution in [-0.2, 0) is 6.42 Å². The Labute approximate surface area is 116 Å². The Hall–Kier alpha value is -0.890. The SMILES string of the molecule is CCNC(Cc1cccc(F)c1)C1CCCCCC1. The number of rotatable bonds is 5. The largest absolute Gasteiger partial charge is 0.314 e. The van der Waals surface area contributed by atoms with Gasteiger partial charge in [0.1, 0.15) is 5.82 Å². The topological polar surface area (TPSA) is 12.0 Å². The molecule has 1 saturated carbocycles. The maximum Gasteiger partial charge on any atom is 0.123 e. The third-order valence-corrected chi connectivity index (χ3v) is 4.28. The molecule has 0 aromatic heterocycles. The molecule has 0 aliphatic heterocycles. The molecule has 0 spiro atoms. The minimum Gasteiger partial charge on any atom is -0.314 e. The molecule has 1 N–H and O–H groups in total. The average molecular weight is 263 g/mol. The minimum absolute atomic E-state index is 0.117. The van der Waals surface area contributed by atoms with Crippen LogP contribution >= 0.6 is 0 Å². The Bertz CT molecular complexity index is 369. The van der Waals surface area contributed by atoms with Crippen LogP contribution in [0.3, 0.4) is 0 Å². The van der Waals surface area contributed by atoms with Crippen molar-refractivity contribution in [3.8, 4) is 0 Å². The van der Waals surface area contributed by atoms with Gasteiger partial charge in [0.25, 0.3) is 0 Å². The fourth-order valence-corrected chi connectivity index (χ4v) is 3.30. The zero-order valence-electron chi connectivity index (χ0n) is 12.0. The summed E-state index contributed by atoms with van der Waals surface area (Å²) in [5, 5.41) is 3.63. The van der Waals surface area contributed by atoms with Crippen molar-refractivity contribution in [1.82, 2.24) is 5.32 Å². The summed E-state index contributed by atoms with van der Waals surface area (Å²) in [6, 6.07) is 7.58. The number of likely N-dealkylation sites (N-methyl/N-ethyl adjacent to an activating group) is 1. The molecule has 0 bridgehead atoms. The lowest BCUT2D eigenvalue weighted by Crippen LogP contribution is -2.38. The molecule has 1 aromatic carbocycles. The van der Waals surface area contributed by atoms with Crippen molar-refractivity contribution in [3.05, 3.63) is 35.6 Å². The molecule has 1 aliphatic carbocycles. The molecule has 19 heavy (non-hydrogen) atoms. The van der Waals surface area contributed by atoms with Gasteiger partial charge in [-0.15, -0.1) is 0 Å². The normalized spacial score (nSPS) is 19.1. The summed E-state index contributed by atoms with van der Waals surface area (Å²) >= 11 is 0. The van der Waals surface area contributed by atoms with Gasteiger partial charge in [-0.05, 0) is 49.4 Å². The highest BCUT2D eigenvalue weighted by Crippen LogP contribution is 2.27. The first-order valence-electron chi connectivity index (χ1n) is 7.77. The highest BCUT2D eigenvalue weighted by molar-refractivity contribution is 5.17. The fraction of sp³-hybridized carbons (Fsp3) is 0.647. The van der Waals surface area contributed by atoms with E-state index < -0.39 is 0 Å². The second-order valence-electron chi connectivity index (χ2n) is 5.75. The third-order valence-electron chi connectivity index (χ3n) is 4.28. The van der Waals surface area contributed by atoms with E-state index >= 15 is 0 Å². The summed E-state index contributed by atoms with van der Waals surface area (Å²) in [6.07, 6.45) is 9.09. The van der Waals surface area contributed by atoms with Gasteiger partial charge in [0.15, 0.2) is 0 Å². The molecule has 1 aliphatic rings. The van der Waals surface area contributed by atoms with Gasteiger partial charge in [-0.2, -0.15) is 0 Å². The number of nitrogens with one attached hydrogen (secondary N) is 1. The molecule has 0 saturated heterocycles. The van der Waals surface area contributed by atoms with Gasteiger partial charge >= 0.3 is 0 Å². The van der Waals surface area contributed by atoms with E-state index in [1.165, 1.54) is 44.6 Å². The predicted octanol–water partition coefficient (Wildman–Crippen LogP) is 4.32. The van der Waals surface area contributed by atoms with Crippen LogP contribution in [-0.4, -0.2) is 12.6 Å². The van der Waals surface area contributed by atoms with E-state index in [9.17, 15) is 4.39 Å². The van der Waals surface area contributed by atoms with E-state index in [2.05, 4.69) is 12.2 Å². The molecule has 2 heteroatoms. The summed E-state index contributed by atoms with van der Waals surface area (Å²) in [7, 11) is 0. The van der Waals surface area contributed by atoms with Gasteiger partial charge in [-0.3, -0.25) is 0 Å². The summed E-state index contributed by atoms with van der Waals surface area (Å²) in [4.78, 5) is 0. The van der Waals surface area contributed by atoms with Crippen molar-refractivity contribution in [3.63, 3.8) is 0 Å². The number of hydrogen-bond acceptors (Lipinski definition) is 1. The van der Waals surface area contributed by atoms with Crippen LogP contribution in [0.15, 0.2) is 24.3 Å².